The molecule has 0 aliphatic carbocycles. The second-order valence-corrected chi connectivity index (χ2v) is 8.96. The van der Waals surface area contributed by atoms with E-state index in [9.17, 15) is 44.7 Å². The molecule has 0 heterocycles. The maximum atomic E-state index is 14.6. The van der Waals surface area contributed by atoms with Gasteiger partial charge >= 0.3 is 0 Å². The normalized spacial score (nSPS) is 12.3. The summed E-state index contributed by atoms with van der Waals surface area (Å²) >= 11 is 2.77. The van der Waals surface area contributed by atoms with E-state index in [-0.39, 0.29) is 7.14 Å². The van der Waals surface area contributed by atoms with Crippen LogP contribution in [0.2, 0.25) is 0 Å². The van der Waals surface area contributed by atoms with Crippen LogP contribution < -0.4 is 10.9 Å². The van der Waals surface area contributed by atoms with Gasteiger partial charge in [-0.15, -0.1) is 0 Å². The fourth-order valence-corrected chi connectivity index (χ4v) is 6.10. The first-order chi connectivity index (χ1) is 14.9. The molecule has 2 nitrogen and oxygen atoms in total. The predicted octanol–water partition coefficient (Wildman–Crippen LogP) is 6.22. The molecule has 0 aromatic heterocycles. The van der Waals surface area contributed by atoms with E-state index < -0.39 is 100 Å². The zero-order chi connectivity index (χ0) is 23.5. The Morgan fingerprint density at radius 1 is 0.344 bits per heavy atom. The quantitative estimate of drug-likeness (QED) is 0.0845. The molecule has 0 spiro atoms. The third kappa shape index (κ3) is 2.29. The van der Waals surface area contributed by atoms with Crippen LogP contribution in [-0.2, 0) is 0 Å². The van der Waals surface area contributed by atoms with Gasteiger partial charge in [0, 0.05) is 39.5 Å². The van der Waals surface area contributed by atoms with Crippen molar-refractivity contribution in [3.05, 3.63) is 74.1 Å². The van der Waals surface area contributed by atoms with Crippen LogP contribution in [0.1, 0.15) is 0 Å². The molecule has 0 unspecified atom stereocenters. The van der Waals surface area contributed by atoms with Gasteiger partial charge in [0.2, 0.25) is 0 Å². The second-order valence-electron chi connectivity index (χ2n) is 6.80. The van der Waals surface area contributed by atoms with Gasteiger partial charge < -0.3 is 0 Å². The van der Waals surface area contributed by atoms with Crippen LogP contribution >= 0.6 is 45.2 Å². The predicted molar refractivity (Wildman–Crippen MR) is 116 cm³/mol. The van der Waals surface area contributed by atoms with Crippen molar-refractivity contribution in [1.82, 2.24) is 0 Å². The summed E-state index contributed by atoms with van der Waals surface area (Å²) < 4.78 is 113. The van der Waals surface area contributed by atoms with Crippen LogP contribution in [0, 0.1) is 53.7 Å². The van der Waals surface area contributed by atoms with E-state index in [4.69, 9.17) is 0 Å². The van der Waals surface area contributed by atoms with Crippen molar-refractivity contribution in [2.45, 2.75) is 0 Å². The number of rotatable bonds is 0. The molecule has 0 atom stereocenters. The summed E-state index contributed by atoms with van der Waals surface area (Å²) in [7, 11) is 0. The summed E-state index contributed by atoms with van der Waals surface area (Å²) in [6.07, 6.45) is 0. The molecule has 162 valence electrons. The van der Waals surface area contributed by atoms with Crippen LogP contribution in [-0.4, -0.2) is 0 Å². The lowest BCUT2D eigenvalue weighted by Crippen LogP contribution is -2.04. The molecule has 12 heteroatoms. The first kappa shape index (κ1) is 21.7. The summed E-state index contributed by atoms with van der Waals surface area (Å²) in [5, 5.41) is -6.28. The van der Waals surface area contributed by atoms with Gasteiger partial charge in [-0.2, -0.15) is 0 Å². The Hall–Kier alpha value is -2.10. The van der Waals surface area contributed by atoms with E-state index in [1.807, 2.05) is 0 Å². The molecule has 0 aliphatic heterocycles. The van der Waals surface area contributed by atoms with E-state index >= 15 is 0 Å². The highest BCUT2D eigenvalue weighted by Gasteiger charge is 2.33. The lowest BCUT2D eigenvalue weighted by Gasteiger charge is -2.05. The highest BCUT2D eigenvalue weighted by Crippen LogP contribution is 2.43. The molecule has 0 saturated carbocycles. The number of halogens is 10. The molecule has 32 heavy (non-hydrogen) atoms. The second kappa shape index (κ2) is 6.71. The van der Waals surface area contributed by atoms with Crippen molar-refractivity contribution in [1.29, 1.82) is 0 Å². The zero-order valence-corrected chi connectivity index (χ0v) is 18.9. The van der Waals surface area contributed by atoms with Crippen LogP contribution in [0.5, 0.6) is 0 Å². The van der Waals surface area contributed by atoms with Crippen LogP contribution in [0.3, 0.4) is 0 Å². The molecule has 0 amide bonds. The van der Waals surface area contributed by atoms with Gasteiger partial charge in [-0.05, 0) is 45.2 Å². The number of hydrogen-bond donors (Lipinski definition) is 0. The molecular formula is C20F8I2O2. The van der Waals surface area contributed by atoms with Crippen molar-refractivity contribution >= 4 is 88.3 Å². The van der Waals surface area contributed by atoms with E-state index in [1.165, 1.54) is 45.2 Å². The van der Waals surface area contributed by atoms with Gasteiger partial charge in [0.15, 0.2) is 57.4 Å². The zero-order valence-electron chi connectivity index (χ0n) is 14.6. The maximum Gasteiger partial charge on any atom is 0.198 e. The average Bonchev–Trinajstić information content (AvgIpc) is 3.24. The Balaban J connectivity index is 2.26. The maximum absolute atomic E-state index is 14.6. The molecule has 0 fully saturated rings. The Bertz CT molecular complexity index is 1690. The van der Waals surface area contributed by atoms with Gasteiger partial charge in [-0.1, -0.05) is 0 Å². The molecule has 0 saturated heterocycles. The summed E-state index contributed by atoms with van der Waals surface area (Å²) in [6, 6.07) is 0. The Morgan fingerprint density at radius 3 is 0.875 bits per heavy atom. The first-order valence-corrected chi connectivity index (χ1v) is 10.5. The number of benzene rings is 3. The van der Waals surface area contributed by atoms with Gasteiger partial charge in [0.25, 0.3) is 0 Å². The highest BCUT2D eigenvalue weighted by atomic mass is 127. The molecular weight excluding hydrogens is 678 g/mol. The lowest BCUT2D eigenvalue weighted by molar-refractivity contribution is 0.418. The molecule has 5 rings (SSSR count). The molecule has 0 N–H and O–H groups in total. The Labute approximate surface area is 196 Å². The Morgan fingerprint density at radius 2 is 0.594 bits per heavy atom. The molecule has 0 bridgehead atoms. The fraction of sp³-hybridized carbons (Fsp3) is 0. The third-order valence-electron chi connectivity index (χ3n) is 5.32. The van der Waals surface area contributed by atoms with Gasteiger partial charge in [0.05, 0.1) is 10.8 Å². The molecule has 0 aliphatic rings. The Kier molecular flexibility index (Phi) is 4.56. The summed E-state index contributed by atoms with van der Waals surface area (Å²) in [6.45, 7) is 0. The van der Waals surface area contributed by atoms with Gasteiger partial charge in [-0.25, -0.2) is 35.1 Å². The standard InChI is InChI=1S/C20F8I2O2/c21-9-1-3-7(19(31)5(1)11(23)15(27)13(9)25)18(30)4-2-6(20(32)8(4)17(3)29)12(24)16(28)14(26)10(2)22. The summed E-state index contributed by atoms with van der Waals surface area (Å²) in [4.78, 5) is 25.7. The number of fused-ring (bicyclic) bond motifs is 6. The van der Waals surface area contributed by atoms with Crippen molar-refractivity contribution in [2.24, 2.45) is 0 Å². The minimum absolute atomic E-state index is 0.356. The monoisotopic (exact) mass is 678 g/mol. The summed E-state index contributed by atoms with van der Waals surface area (Å²) in [5.74, 6) is -16.6. The molecule has 5 aromatic rings. The van der Waals surface area contributed by atoms with E-state index in [0.29, 0.717) is 0 Å². The van der Waals surface area contributed by atoms with Crippen LogP contribution in [0.15, 0.2) is 9.59 Å². The number of hydrogen-bond acceptors (Lipinski definition) is 2. The highest BCUT2D eigenvalue weighted by molar-refractivity contribution is 14.1. The minimum atomic E-state index is -2.23. The summed E-state index contributed by atoms with van der Waals surface area (Å²) in [5.41, 5.74) is -2.61. The molecule has 0 radical (unpaired) electrons. The van der Waals surface area contributed by atoms with Crippen LogP contribution in [0.25, 0.3) is 43.1 Å². The van der Waals surface area contributed by atoms with Crippen molar-refractivity contribution in [3.63, 3.8) is 0 Å². The first-order valence-electron chi connectivity index (χ1n) is 8.30. The van der Waals surface area contributed by atoms with Gasteiger partial charge in [0.1, 0.15) is 0 Å². The van der Waals surface area contributed by atoms with Crippen molar-refractivity contribution in [2.75, 3.05) is 0 Å². The van der Waals surface area contributed by atoms with E-state index in [0.717, 1.165) is 0 Å². The lowest BCUT2D eigenvalue weighted by atomic mass is 10.1. The van der Waals surface area contributed by atoms with E-state index in [2.05, 4.69) is 0 Å². The SMILES string of the molecule is O=c1c2c(F)c(F)c(F)c(F)c2c2c(I)c3c(=O)c4c(F)c(F)c(F)c(F)c4c3c(I)c12. The smallest absolute Gasteiger partial charge is 0.198 e. The largest absolute Gasteiger partial charge is 0.288 e. The van der Waals surface area contributed by atoms with Crippen molar-refractivity contribution < 1.29 is 35.1 Å². The third-order valence-corrected chi connectivity index (χ3v) is 7.48. The fourth-order valence-electron chi connectivity index (χ4n) is 3.99. The van der Waals surface area contributed by atoms with Gasteiger partial charge in [-0.3, -0.25) is 9.59 Å². The van der Waals surface area contributed by atoms with Crippen LogP contribution in [0.4, 0.5) is 35.1 Å². The minimum Gasteiger partial charge on any atom is -0.288 e. The van der Waals surface area contributed by atoms with Crippen molar-refractivity contribution in [3.8, 4) is 0 Å². The van der Waals surface area contributed by atoms with E-state index in [1.54, 1.807) is 0 Å². The molecule has 5 aromatic carbocycles. The average molecular weight is 678 g/mol. The topological polar surface area (TPSA) is 34.1 Å².